The van der Waals surface area contributed by atoms with Crippen LogP contribution in [0.1, 0.15) is 18.4 Å². The lowest BCUT2D eigenvalue weighted by atomic mass is 9.99. The van der Waals surface area contributed by atoms with E-state index in [1.807, 2.05) is 6.07 Å². The number of hydrogen-bond acceptors (Lipinski definition) is 2. The van der Waals surface area contributed by atoms with Gasteiger partial charge in [-0.3, -0.25) is 4.90 Å². The molecule has 1 fully saturated rings. The molecule has 1 aromatic carbocycles. The second-order valence-electron chi connectivity index (χ2n) is 4.26. The first-order valence-electron chi connectivity index (χ1n) is 5.60. The van der Waals surface area contributed by atoms with Crippen LogP contribution < -0.4 is 0 Å². The average Bonchev–Trinajstić information content (AvgIpc) is 2.31. The zero-order chi connectivity index (χ0) is 10.5. The van der Waals surface area contributed by atoms with Crippen molar-refractivity contribution in [3.63, 3.8) is 0 Å². The molecule has 2 rings (SSSR count). The van der Waals surface area contributed by atoms with Crippen LogP contribution in [0.2, 0.25) is 0 Å². The number of rotatable bonds is 3. The molecule has 80 valence electrons. The van der Waals surface area contributed by atoms with E-state index in [0.29, 0.717) is 0 Å². The molecule has 0 aliphatic carbocycles. The van der Waals surface area contributed by atoms with Crippen LogP contribution in [0.25, 0.3) is 0 Å². The van der Waals surface area contributed by atoms with Crippen molar-refractivity contribution in [1.29, 1.82) is 0 Å². The predicted molar refractivity (Wildman–Crippen MR) is 60.5 cm³/mol. The smallest absolute Gasteiger partial charge is 0.124 e. The summed E-state index contributed by atoms with van der Waals surface area (Å²) in [5, 5.41) is 0. The lowest BCUT2D eigenvalue weighted by molar-refractivity contribution is -0.112. The van der Waals surface area contributed by atoms with Crippen molar-refractivity contribution in [2.45, 2.75) is 19.4 Å². The molecule has 1 aromatic rings. The Morgan fingerprint density at radius 1 is 1.33 bits per heavy atom. The molecule has 0 radical (unpaired) electrons. The molecule has 1 aliphatic heterocycles. The first-order chi connectivity index (χ1) is 7.38. The molecule has 0 bridgehead atoms. The zero-order valence-electron chi connectivity index (χ0n) is 8.93. The normalized spacial score (nSPS) is 22.5. The Bertz CT molecular complexity index is 310. The summed E-state index contributed by atoms with van der Waals surface area (Å²) >= 11 is 0. The Labute approximate surface area is 90.9 Å². The van der Waals surface area contributed by atoms with Gasteiger partial charge in [0.1, 0.15) is 6.29 Å². The van der Waals surface area contributed by atoms with Gasteiger partial charge >= 0.3 is 0 Å². The van der Waals surface area contributed by atoms with Gasteiger partial charge in [-0.1, -0.05) is 30.3 Å². The molecule has 0 aromatic heterocycles. The van der Waals surface area contributed by atoms with Gasteiger partial charge in [0.05, 0.1) is 0 Å². The minimum atomic E-state index is 0.252. The van der Waals surface area contributed by atoms with Crippen molar-refractivity contribution in [3.8, 4) is 0 Å². The highest BCUT2D eigenvalue weighted by atomic mass is 16.1. The van der Waals surface area contributed by atoms with Gasteiger partial charge in [-0.05, 0) is 24.9 Å². The minimum absolute atomic E-state index is 0.252. The van der Waals surface area contributed by atoms with E-state index in [0.717, 1.165) is 38.8 Å². The number of likely N-dealkylation sites (tertiary alicyclic amines) is 1. The SMILES string of the molecule is O=CC1CCCN(Cc2ccccc2)C1. The Balaban J connectivity index is 1.92. The molecule has 1 aliphatic rings. The summed E-state index contributed by atoms with van der Waals surface area (Å²) in [7, 11) is 0. The Morgan fingerprint density at radius 3 is 2.87 bits per heavy atom. The predicted octanol–water partition coefficient (Wildman–Crippen LogP) is 2.10. The summed E-state index contributed by atoms with van der Waals surface area (Å²) in [6.45, 7) is 3.03. The first-order valence-corrected chi connectivity index (χ1v) is 5.60. The van der Waals surface area contributed by atoms with E-state index >= 15 is 0 Å². The summed E-state index contributed by atoms with van der Waals surface area (Å²) < 4.78 is 0. The highest BCUT2D eigenvalue weighted by Gasteiger charge is 2.18. The molecule has 1 atom stereocenters. The number of nitrogens with zero attached hydrogens (tertiary/aromatic N) is 1. The third kappa shape index (κ3) is 2.90. The highest BCUT2D eigenvalue weighted by Crippen LogP contribution is 2.16. The summed E-state index contributed by atoms with van der Waals surface area (Å²) in [5.41, 5.74) is 1.34. The third-order valence-corrected chi connectivity index (χ3v) is 2.98. The highest BCUT2D eigenvalue weighted by molar-refractivity contribution is 5.53. The van der Waals surface area contributed by atoms with Crippen LogP contribution in [-0.2, 0) is 11.3 Å². The molecule has 15 heavy (non-hydrogen) atoms. The minimum Gasteiger partial charge on any atom is -0.303 e. The molecule has 0 saturated carbocycles. The number of hydrogen-bond donors (Lipinski definition) is 0. The molecule has 0 amide bonds. The Hall–Kier alpha value is -1.15. The van der Waals surface area contributed by atoms with E-state index in [2.05, 4.69) is 29.2 Å². The van der Waals surface area contributed by atoms with Gasteiger partial charge in [-0.2, -0.15) is 0 Å². The van der Waals surface area contributed by atoms with Gasteiger partial charge in [0.2, 0.25) is 0 Å². The molecule has 0 N–H and O–H groups in total. The van der Waals surface area contributed by atoms with Gasteiger partial charge in [0.15, 0.2) is 0 Å². The fourth-order valence-electron chi connectivity index (χ4n) is 2.19. The Morgan fingerprint density at radius 2 is 2.13 bits per heavy atom. The standard InChI is InChI=1S/C13H17NO/c15-11-13-7-4-8-14(10-13)9-12-5-2-1-3-6-12/h1-3,5-6,11,13H,4,7-10H2. The monoisotopic (exact) mass is 203 g/mol. The third-order valence-electron chi connectivity index (χ3n) is 2.98. The molecule has 0 spiro atoms. The van der Waals surface area contributed by atoms with Crippen molar-refractivity contribution in [1.82, 2.24) is 4.90 Å². The fourth-order valence-corrected chi connectivity index (χ4v) is 2.19. The van der Waals surface area contributed by atoms with Crippen LogP contribution in [0, 0.1) is 5.92 Å². The molecule has 2 nitrogen and oxygen atoms in total. The van der Waals surface area contributed by atoms with E-state index in [9.17, 15) is 4.79 Å². The van der Waals surface area contributed by atoms with Crippen molar-refractivity contribution < 1.29 is 4.79 Å². The summed E-state index contributed by atoms with van der Waals surface area (Å²) in [5.74, 6) is 0.252. The van der Waals surface area contributed by atoms with Crippen LogP contribution in [0.3, 0.4) is 0 Å². The van der Waals surface area contributed by atoms with E-state index in [-0.39, 0.29) is 5.92 Å². The molecule has 1 saturated heterocycles. The van der Waals surface area contributed by atoms with E-state index in [4.69, 9.17) is 0 Å². The van der Waals surface area contributed by atoms with Gasteiger partial charge < -0.3 is 4.79 Å². The quantitative estimate of drug-likeness (QED) is 0.701. The number of benzene rings is 1. The van der Waals surface area contributed by atoms with Crippen molar-refractivity contribution >= 4 is 6.29 Å². The largest absolute Gasteiger partial charge is 0.303 e. The van der Waals surface area contributed by atoms with Gasteiger partial charge in [0.25, 0.3) is 0 Å². The van der Waals surface area contributed by atoms with Crippen molar-refractivity contribution in [3.05, 3.63) is 35.9 Å². The Kier molecular flexibility index (Phi) is 3.51. The first kappa shape index (κ1) is 10.4. The second kappa shape index (κ2) is 5.08. The summed E-state index contributed by atoms with van der Waals surface area (Å²) in [6.07, 6.45) is 3.32. The number of carbonyl (C=O) groups excluding carboxylic acids is 1. The molecule has 1 unspecified atom stereocenters. The van der Waals surface area contributed by atoms with Gasteiger partial charge in [0, 0.05) is 19.0 Å². The lowest BCUT2D eigenvalue weighted by Gasteiger charge is -2.30. The van der Waals surface area contributed by atoms with Crippen molar-refractivity contribution in [2.75, 3.05) is 13.1 Å². The van der Waals surface area contributed by atoms with E-state index in [1.165, 1.54) is 5.56 Å². The maximum atomic E-state index is 10.7. The van der Waals surface area contributed by atoms with Crippen LogP contribution >= 0.6 is 0 Å². The molecule has 1 heterocycles. The van der Waals surface area contributed by atoms with E-state index < -0.39 is 0 Å². The summed E-state index contributed by atoms with van der Waals surface area (Å²) in [4.78, 5) is 13.1. The van der Waals surface area contributed by atoms with Crippen LogP contribution in [-0.4, -0.2) is 24.3 Å². The number of aldehydes is 1. The van der Waals surface area contributed by atoms with Crippen LogP contribution in [0.15, 0.2) is 30.3 Å². The summed E-state index contributed by atoms with van der Waals surface area (Å²) in [6, 6.07) is 10.5. The fraction of sp³-hybridized carbons (Fsp3) is 0.462. The number of piperidine rings is 1. The zero-order valence-corrected chi connectivity index (χ0v) is 8.93. The maximum absolute atomic E-state index is 10.7. The van der Waals surface area contributed by atoms with Gasteiger partial charge in [-0.25, -0.2) is 0 Å². The topological polar surface area (TPSA) is 20.3 Å². The maximum Gasteiger partial charge on any atom is 0.124 e. The van der Waals surface area contributed by atoms with Crippen LogP contribution in [0.4, 0.5) is 0 Å². The molecular formula is C13H17NO. The van der Waals surface area contributed by atoms with Crippen LogP contribution in [0.5, 0.6) is 0 Å². The number of carbonyl (C=O) groups is 1. The average molecular weight is 203 g/mol. The molecular weight excluding hydrogens is 186 g/mol. The second-order valence-corrected chi connectivity index (χ2v) is 4.26. The van der Waals surface area contributed by atoms with E-state index in [1.54, 1.807) is 0 Å². The van der Waals surface area contributed by atoms with Gasteiger partial charge in [-0.15, -0.1) is 0 Å². The van der Waals surface area contributed by atoms with Crippen molar-refractivity contribution in [2.24, 2.45) is 5.92 Å². The molecule has 2 heteroatoms. The lowest BCUT2D eigenvalue weighted by Crippen LogP contribution is -2.35.